The van der Waals surface area contributed by atoms with Crippen molar-refractivity contribution in [1.82, 2.24) is 0 Å². The highest BCUT2D eigenvalue weighted by Gasteiger charge is 2.00. The van der Waals surface area contributed by atoms with Crippen LogP contribution in [0, 0.1) is 0 Å². The molecule has 0 spiro atoms. The molecular formula is C4H13O7P. The molecule has 0 atom stereocenters. The van der Waals surface area contributed by atoms with Gasteiger partial charge in [-0.3, -0.25) is 0 Å². The molecule has 0 bridgehead atoms. The molecule has 0 aliphatic heterocycles. The summed E-state index contributed by atoms with van der Waals surface area (Å²) < 4.78 is 8.88. The fourth-order valence-corrected chi connectivity index (χ4v) is 0.130. The van der Waals surface area contributed by atoms with Gasteiger partial charge in [-0.1, -0.05) is 5.04 Å². The fraction of sp³-hybridized carbons (Fsp3) is 1.00. The van der Waals surface area contributed by atoms with E-state index < -0.39 is 7.82 Å². The summed E-state index contributed by atoms with van der Waals surface area (Å²) in [6, 6.07) is 0. The smallest absolute Gasteiger partial charge is 0.303 e. The Morgan fingerprint density at radius 2 is 1.33 bits per heavy atom. The lowest BCUT2D eigenvalue weighted by atomic mass is 10.9. The molecule has 0 aromatic rings. The second-order valence-corrected chi connectivity index (χ2v) is 2.42. The van der Waals surface area contributed by atoms with Crippen LogP contribution in [0.2, 0.25) is 0 Å². The van der Waals surface area contributed by atoms with Gasteiger partial charge in [0, 0.05) is 0 Å². The van der Waals surface area contributed by atoms with E-state index >= 15 is 0 Å². The molecule has 0 aliphatic carbocycles. The van der Waals surface area contributed by atoms with Crippen LogP contribution in [0.25, 0.3) is 0 Å². The summed E-state index contributed by atoms with van der Waals surface area (Å²) in [5, 5.41) is 4.13. The van der Waals surface area contributed by atoms with Crippen LogP contribution in [-0.4, -0.2) is 27.9 Å². The number of phosphoric acid groups is 1. The van der Waals surface area contributed by atoms with Gasteiger partial charge in [0.05, 0.1) is 13.2 Å². The maximum atomic E-state index is 8.88. The van der Waals surface area contributed by atoms with Crippen LogP contribution in [0.3, 0.4) is 0 Å². The standard InChI is InChI=1S/C4H10O3.H3O4P/c1-3-5-7-6-4-2;1-5(2,3)4/h3-4H2,1-2H3;(H3,1,2,3,4). The Morgan fingerprint density at radius 3 is 1.50 bits per heavy atom. The van der Waals surface area contributed by atoms with Crippen LogP contribution in [-0.2, 0) is 19.4 Å². The zero-order valence-corrected chi connectivity index (χ0v) is 7.73. The van der Waals surface area contributed by atoms with Gasteiger partial charge in [0.1, 0.15) is 0 Å². The van der Waals surface area contributed by atoms with E-state index in [9.17, 15) is 0 Å². The number of hydrogen-bond donors (Lipinski definition) is 3. The van der Waals surface area contributed by atoms with Gasteiger partial charge in [0.15, 0.2) is 0 Å². The first-order valence-corrected chi connectivity index (χ1v) is 4.67. The van der Waals surface area contributed by atoms with Gasteiger partial charge >= 0.3 is 7.82 Å². The first-order valence-electron chi connectivity index (χ1n) is 3.11. The lowest BCUT2D eigenvalue weighted by Gasteiger charge is -1.94. The Balaban J connectivity index is 0. The van der Waals surface area contributed by atoms with Gasteiger partial charge in [0.2, 0.25) is 0 Å². The minimum absolute atomic E-state index is 0.514. The van der Waals surface area contributed by atoms with Crippen molar-refractivity contribution >= 4 is 7.82 Å². The Morgan fingerprint density at radius 1 is 1.08 bits per heavy atom. The van der Waals surface area contributed by atoms with Crippen molar-refractivity contribution in [3.63, 3.8) is 0 Å². The quantitative estimate of drug-likeness (QED) is 0.255. The van der Waals surface area contributed by atoms with Crippen LogP contribution in [0.4, 0.5) is 0 Å². The second kappa shape index (κ2) is 9.08. The highest BCUT2D eigenvalue weighted by molar-refractivity contribution is 7.45. The average molecular weight is 204 g/mol. The largest absolute Gasteiger partial charge is 0.466 e. The van der Waals surface area contributed by atoms with Crippen molar-refractivity contribution in [1.29, 1.82) is 0 Å². The molecule has 76 valence electrons. The van der Waals surface area contributed by atoms with E-state index in [2.05, 4.69) is 14.8 Å². The van der Waals surface area contributed by atoms with E-state index in [1.807, 2.05) is 13.8 Å². The van der Waals surface area contributed by atoms with Crippen LogP contribution < -0.4 is 0 Å². The topological polar surface area (TPSA) is 105 Å². The molecule has 0 unspecified atom stereocenters. The molecule has 0 radical (unpaired) electrons. The van der Waals surface area contributed by atoms with E-state index in [0.717, 1.165) is 0 Å². The Bertz CT molecular complexity index is 108. The summed E-state index contributed by atoms with van der Waals surface area (Å²) in [5.74, 6) is 0. The number of rotatable bonds is 4. The summed E-state index contributed by atoms with van der Waals surface area (Å²) in [5.41, 5.74) is 0. The maximum Gasteiger partial charge on any atom is 0.466 e. The second-order valence-electron chi connectivity index (χ2n) is 1.39. The molecule has 8 heteroatoms. The van der Waals surface area contributed by atoms with E-state index in [1.165, 1.54) is 0 Å². The Labute approximate surface area is 70.0 Å². The summed E-state index contributed by atoms with van der Waals surface area (Å²) in [4.78, 5) is 30.3. The Kier molecular flexibility index (Phi) is 11.0. The first kappa shape index (κ1) is 14.5. The number of hydrogen-bond acceptors (Lipinski definition) is 4. The average Bonchev–Trinajstić information content (AvgIpc) is 1.85. The third-order valence-electron chi connectivity index (χ3n) is 0.332. The maximum absolute atomic E-state index is 8.88. The minimum Gasteiger partial charge on any atom is -0.303 e. The van der Waals surface area contributed by atoms with Crippen LogP contribution >= 0.6 is 7.82 Å². The predicted molar refractivity (Wildman–Crippen MR) is 38.6 cm³/mol. The molecule has 0 aromatic heterocycles. The van der Waals surface area contributed by atoms with Crippen LogP contribution in [0.1, 0.15) is 13.8 Å². The van der Waals surface area contributed by atoms with E-state index in [-0.39, 0.29) is 0 Å². The van der Waals surface area contributed by atoms with Gasteiger partial charge in [0.25, 0.3) is 0 Å². The molecule has 7 nitrogen and oxygen atoms in total. The van der Waals surface area contributed by atoms with Crippen molar-refractivity contribution in [2.75, 3.05) is 13.2 Å². The van der Waals surface area contributed by atoms with Gasteiger partial charge in [-0.15, -0.1) is 0 Å². The lowest BCUT2D eigenvalue weighted by molar-refractivity contribution is -0.509. The van der Waals surface area contributed by atoms with Gasteiger partial charge in [-0.05, 0) is 13.8 Å². The van der Waals surface area contributed by atoms with Crippen molar-refractivity contribution in [3.05, 3.63) is 0 Å². The summed E-state index contributed by atoms with van der Waals surface area (Å²) in [7, 11) is -4.64. The molecule has 0 saturated heterocycles. The van der Waals surface area contributed by atoms with Crippen molar-refractivity contribution in [2.24, 2.45) is 0 Å². The fourth-order valence-electron chi connectivity index (χ4n) is 0.130. The molecule has 0 saturated carbocycles. The predicted octanol–water partition coefficient (Wildman–Crippen LogP) is -0.0226. The third kappa shape index (κ3) is 50.7. The summed E-state index contributed by atoms with van der Waals surface area (Å²) in [6.07, 6.45) is 0. The summed E-state index contributed by atoms with van der Waals surface area (Å²) >= 11 is 0. The van der Waals surface area contributed by atoms with E-state index in [4.69, 9.17) is 19.2 Å². The van der Waals surface area contributed by atoms with Crippen LogP contribution in [0.15, 0.2) is 0 Å². The summed E-state index contributed by atoms with van der Waals surface area (Å²) in [6.45, 7) is 4.66. The molecule has 0 rings (SSSR count). The molecular weight excluding hydrogens is 191 g/mol. The Hall–Kier alpha value is -0.0100. The van der Waals surface area contributed by atoms with Crippen molar-refractivity contribution < 1.29 is 34.1 Å². The SMILES string of the molecule is CCOOOCC.O=P(O)(O)O. The monoisotopic (exact) mass is 204 g/mol. The van der Waals surface area contributed by atoms with E-state index in [1.54, 1.807) is 0 Å². The molecule has 3 N–H and O–H groups in total. The van der Waals surface area contributed by atoms with Gasteiger partial charge in [-0.25, -0.2) is 14.3 Å². The van der Waals surface area contributed by atoms with Crippen LogP contribution in [0.5, 0.6) is 0 Å². The van der Waals surface area contributed by atoms with Crippen molar-refractivity contribution in [3.8, 4) is 0 Å². The molecule has 0 fully saturated rings. The van der Waals surface area contributed by atoms with Crippen molar-refractivity contribution in [2.45, 2.75) is 13.8 Å². The first-order chi connectivity index (χ1) is 5.41. The highest BCUT2D eigenvalue weighted by atomic mass is 31.2. The molecule has 0 amide bonds. The molecule has 0 aliphatic rings. The molecule has 0 heterocycles. The molecule has 12 heavy (non-hydrogen) atoms. The molecule has 0 aromatic carbocycles. The normalized spacial score (nSPS) is 10.4. The van der Waals surface area contributed by atoms with Gasteiger partial charge < -0.3 is 14.7 Å². The zero-order valence-electron chi connectivity index (χ0n) is 6.84. The zero-order chi connectivity index (χ0) is 10.0. The van der Waals surface area contributed by atoms with E-state index in [0.29, 0.717) is 13.2 Å². The third-order valence-corrected chi connectivity index (χ3v) is 0.332. The minimum atomic E-state index is -4.64. The van der Waals surface area contributed by atoms with Gasteiger partial charge in [-0.2, -0.15) is 0 Å². The highest BCUT2D eigenvalue weighted by Crippen LogP contribution is 2.25. The lowest BCUT2D eigenvalue weighted by Crippen LogP contribution is -1.94.